The topological polar surface area (TPSA) is 62.8 Å². The number of rotatable bonds is 4. The molecule has 0 unspecified atom stereocenters. The van der Waals surface area contributed by atoms with Crippen molar-refractivity contribution in [3.8, 4) is 11.5 Å². The molecule has 6 nitrogen and oxygen atoms in total. The molecule has 0 bridgehead atoms. The number of nitrogens with zero attached hydrogens (tertiary/aromatic N) is 1. The van der Waals surface area contributed by atoms with Gasteiger partial charge in [0.2, 0.25) is 0 Å². The van der Waals surface area contributed by atoms with Crippen molar-refractivity contribution < 1.29 is 18.7 Å². The van der Waals surface area contributed by atoms with Crippen molar-refractivity contribution in [3.63, 3.8) is 0 Å². The monoisotopic (exact) mass is 385 g/mol. The van der Waals surface area contributed by atoms with Crippen LogP contribution in [0.5, 0.6) is 11.5 Å². The summed E-state index contributed by atoms with van der Waals surface area (Å²) < 4.78 is 24.5. The summed E-state index contributed by atoms with van der Waals surface area (Å²) in [5.41, 5.74) is 0.902. The summed E-state index contributed by atoms with van der Waals surface area (Å²) in [5, 5.41) is 6.34. The fraction of sp³-hybridized carbons (Fsp3) is 0.381. The van der Waals surface area contributed by atoms with Crippen molar-refractivity contribution in [1.29, 1.82) is 0 Å². The number of ether oxygens (including phenoxy) is 2. The van der Waals surface area contributed by atoms with E-state index in [1.807, 2.05) is 29.2 Å². The minimum absolute atomic E-state index is 0.0808. The number of piperidine rings is 1. The fourth-order valence-corrected chi connectivity index (χ4v) is 3.49. The van der Waals surface area contributed by atoms with E-state index in [0.717, 1.165) is 24.3 Å². The van der Waals surface area contributed by atoms with Crippen LogP contribution in [-0.4, -0.2) is 49.3 Å². The summed E-state index contributed by atoms with van der Waals surface area (Å²) in [6, 6.07) is 14.1. The fourth-order valence-electron chi connectivity index (χ4n) is 3.49. The first-order valence-electron chi connectivity index (χ1n) is 9.61. The average molecular weight is 385 g/mol. The summed E-state index contributed by atoms with van der Waals surface area (Å²) in [6.45, 7) is 2.17. The Balaban J connectivity index is 1.20. The molecule has 1 atom stereocenters. The standard InChI is InChI=1S/C21H24FN3O3/c22-15-5-7-16(8-6-15)24-17-9-11-25(12-10-17)21(26)23-13-18-14-27-19-3-1-2-4-20(19)28-18/h1-8,17-18,24H,9-14H2,(H,23,26)/t18-/m0/s1. The molecule has 148 valence electrons. The van der Waals surface area contributed by atoms with E-state index in [1.165, 1.54) is 12.1 Å². The highest BCUT2D eigenvalue weighted by molar-refractivity contribution is 5.74. The summed E-state index contributed by atoms with van der Waals surface area (Å²) in [4.78, 5) is 14.3. The maximum absolute atomic E-state index is 13.0. The molecule has 0 aliphatic carbocycles. The van der Waals surface area contributed by atoms with Crippen LogP contribution in [0.1, 0.15) is 12.8 Å². The van der Waals surface area contributed by atoms with Crippen LogP contribution >= 0.6 is 0 Å². The molecule has 0 aromatic heterocycles. The quantitative estimate of drug-likeness (QED) is 0.848. The number of hydrogen-bond acceptors (Lipinski definition) is 4. The molecule has 2 aliphatic heterocycles. The predicted octanol–water partition coefficient (Wildman–Crippen LogP) is 3.25. The third kappa shape index (κ3) is 4.47. The number of amides is 2. The van der Waals surface area contributed by atoms with Crippen LogP contribution in [0.15, 0.2) is 48.5 Å². The molecule has 2 N–H and O–H groups in total. The van der Waals surface area contributed by atoms with Crippen LogP contribution in [0.25, 0.3) is 0 Å². The van der Waals surface area contributed by atoms with Gasteiger partial charge < -0.3 is 25.0 Å². The first kappa shape index (κ1) is 18.4. The Bertz CT molecular complexity index is 807. The SMILES string of the molecule is O=C(NC[C@H]1COc2ccccc2O1)N1CCC(Nc2ccc(F)cc2)CC1. The Morgan fingerprint density at radius 1 is 1.07 bits per heavy atom. The molecule has 0 saturated carbocycles. The zero-order chi connectivity index (χ0) is 19.3. The van der Waals surface area contributed by atoms with Crippen LogP contribution in [0.4, 0.5) is 14.9 Å². The number of fused-ring (bicyclic) bond motifs is 1. The molecule has 1 saturated heterocycles. The Morgan fingerprint density at radius 2 is 1.79 bits per heavy atom. The molecule has 2 aliphatic rings. The number of nitrogens with one attached hydrogen (secondary N) is 2. The largest absolute Gasteiger partial charge is 0.486 e. The molecule has 4 rings (SSSR count). The lowest BCUT2D eigenvalue weighted by molar-refractivity contribution is 0.0896. The van der Waals surface area contributed by atoms with E-state index in [1.54, 1.807) is 12.1 Å². The number of carbonyl (C=O) groups is 1. The maximum atomic E-state index is 13.0. The number of hydrogen-bond donors (Lipinski definition) is 2. The molecule has 2 heterocycles. The molecule has 2 aromatic rings. The van der Waals surface area contributed by atoms with Gasteiger partial charge in [0.25, 0.3) is 0 Å². The van der Waals surface area contributed by atoms with Gasteiger partial charge in [-0.15, -0.1) is 0 Å². The predicted molar refractivity (Wildman–Crippen MR) is 104 cm³/mol. The number of likely N-dealkylation sites (tertiary alicyclic amines) is 1. The average Bonchev–Trinajstić information content (AvgIpc) is 2.74. The van der Waals surface area contributed by atoms with Gasteiger partial charge in [-0.3, -0.25) is 0 Å². The summed E-state index contributed by atoms with van der Waals surface area (Å²) in [5.74, 6) is 1.20. The number of anilines is 1. The Labute approximate surface area is 163 Å². The maximum Gasteiger partial charge on any atom is 0.317 e. The molecule has 28 heavy (non-hydrogen) atoms. The smallest absolute Gasteiger partial charge is 0.317 e. The second-order valence-corrected chi connectivity index (χ2v) is 7.10. The summed E-state index contributed by atoms with van der Waals surface area (Å²) >= 11 is 0. The van der Waals surface area contributed by atoms with E-state index in [4.69, 9.17) is 9.47 Å². The highest BCUT2D eigenvalue weighted by atomic mass is 19.1. The van der Waals surface area contributed by atoms with Crippen molar-refractivity contribution in [2.45, 2.75) is 25.0 Å². The van der Waals surface area contributed by atoms with Crippen molar-refractivity contribution in [2.75, 3.05) is 31.6 Å². The van der Waals surface area contributed by atoms with E-state index in [-0.39, 0.29) is 24.0 Å². The van der Waals surface area contributed by atoms with E-state index in [9.17, 15) is 9.18 Å². The van der Waals surface area contributed by atoms with Crippen LogP contribution in [-0.2, 0) is 0 Å². The van der Waals surface area contributed by atoms with Gasteiger partial charge in [-0.25, -0.2) is 9.18 Å². The van der Waals surface area contributed by atoms with E-state index in [2.05, 4.69) is 10.6 Å². The molecular weight excluding hydrogens is 361 g/mol. The Kier molecular flexibility index (Phi) is 5.50. The van der Waals surface area contributed by atoms with Crippen LogP contribution in [0.3, 0.4) is 0 Å². The molecule has 0 radical (unpaired) electrons. The minimum Gasteiger partial charge on any atom is -0.486 e. The number of para-hydroxylation sites is 2. The molecule has 1 fully saturated rings. The summed E-state index contributed by atoms with van der Waals surface area (Å²) in [6.07, 6.45) is 1.50. The lowest BCUT2D eigenvalue weighted by Crippen LogP contribution is -2.49. The van der Waals surface area contributed by atoms with Gasteiger partial charge in [0, 0.05) is 24.8 Å². The lowest BCUT2D eigenvalue weighted by Gasteiger charge is -2.33. The number of benzene rings is 2. The van der Waals surface area contributed by atoms with Crippen molar-refractivity contribution in [3.05, 3.63) is 54.3 Å². The second-order valence-electron chi connectivity index (χ2n) is 7.10. The van der Waals surface area contributed by atoms with Crippen LogP contribution < -0.4 is 20.1 Å². The first-order valence-corrected chi connectivity index (χ1v) is 9.61. The zero-order valence-corrected chi connectivity index (χ0v) is 15.6. The molecule has 2 aromatic carbocycles. The van der Waals surface area contributed by atoms with E-state index in [0.29, 0.717) is 32.0 Å². The van der Waals surface area contributed by atoms with Crippen molar-refractivity contribution >= 4 is 11.7 Å². The third-order valence-corrected chi connectivity index (χ3v) is 5.05. The van der Waals surface area contributed by atoms with Gasteiger partial charge in [0.15, 0.2) is 17.6 Å². The number of halogens is 1. The first-order chi connectivity index (χ1) is 13.7. The van der Waals surface area contributed by atoms with Crippen LogP contribution in [0.2, 0.25) is 0 Å². The normalized spacial score (nSPS) is 19.2. The van der Waals surface area contributed by atoms with Gasteiger partial charge in [0.1, 0.15) is 12.4 Å². The van der Waals surface area contributed by atoms with E-state index >= 15 is 0 Å². The van der Waals surface area contributed by atoms with Gasteiger partial charge in [-0.05, 0) is 49.2 Å². The Morgan fingerprint density at radius 3 is 2.54 bits per heavy atom. The molecule has 2 amide bonds. The van der Waals surface area contributed by atoms with Crippen LogP contribution in [0, 0.1) is 5.82 Å². The number of carbonyl (C=O) groups excluding carboxylic acids is 1. The highest BCUT2D eigenvalue weighted by Gasteiger charge is 2.25. The van der Waals surface area contributed by atoms with Gasteiger partial charge in [-0.2, -0.15) is 0 Å². The van der Waals surface area contributed by atoms with Gasteiger partial charge in [-0.1, -0.05) is 12.1 Å². The van der Waals surface area contributed by atoms with E-state index < -0.39 is 0 Å². The molecular formula is C21H24FN3O3. The highest BCUT2D eigenvalue weighted by Crippen LogP contribution is 2.30. The lowest BCUT2D eigenvalue weighted by atomic mass is 10.0. The minimum atomic E-state index is -0.243. The summed E-state index contributed by atoms with van der Waals surface area (Å²) in [7, 11) is 0. The molecule has 0 spiro atoms. The Hall–Kier alpha value is -2.96. The van der Waals surface area contributed by atoms with Gasteiger partial charge in [0.05, 0.1) is 6.54 Å². The van der Waals surface area contributed by atoms with Crippen molar-refractivity contribution in [1.82, 2.24) is 10.2 Å². The zero-order valence-electron chi connectivity index (χ0n) is 15.6. The third-order valence-electron chi connectivity index (χ3n) is 5.05. The van der Waals surface area contributed by atoms with Crippen molar-refractivity contribution in [2.24, 2.45) is 0 Å². The van der Waals surface area contributed by atoms with Gasteiger partial charge >= 0.3 is 6.03 Å². The molecule has 7 heteroatoms. The second kappa shape index (κ2) is 8.37. The number of urea groups is 1.